The Balaban J connectivity index is 1.86. The lowest BCUT2D eigenvalue weighted by Crippen LogP contribution is -2.39. The Hall–Kier alpha value is -2.39. The summed E-state index contributed by atoms with van der Waals surface area (Å²) in [5.74, 6) is -0.0822. The van der Waals surface area contributed by atoms with E-state index in [1.165, 1.54) is 25.3 Å². The third kappa shape index (κ3) is 6.10. The second-order valence-corrected chi connectivity index (χ2v) is 10.1. The molecule has 3 rings (SSSR count). The molecule has 0 atom stereocenters. The van der Waals surface area contributed by atoms with E-state index in [0.29, 0.717) is 22.3 Å². The number of rotatable bonds is 9. The number of amides is 1. The summed E-state index contributed by atoms with van der Waals surface area (Å²) in [5.41, 5.74) is 1.53. The Bertz CT molecular complexity index is 1190. The molecule has 1 N–H and O–H groups in total. The summed E-state index contributed by atoms with van der Waals surface area (Å²) in [4.78, 5) is 12.7. The van der Waals surface area contributed by atoms with Crippen LogP contribution in [0.25, 0.3) is 0 Å². The maximum atomic E-state index is 13.4. The van der Waals surface area contributed by atoms with Crippen LogP contribution in [0.2, 0.25) is 5.02 Å². The highest BCUT2D eigenvalue weighted by Gasteiger charge is 2.27. The lowest BCUT2D eigenvalue weighted by atomic mass is 10.1. The van der Waals surface area contributed by atoms with Crippen molar-refractivity contribution < 1.29 is 17.9 Å². The van der Waals surface area contributed by atoms with Crippen LogP contribution >= 0.6 is 27.5 Å². The van der Waals surface area contributed by atoms with Gasteiger partial charge in [-0.2, -0.15) is 4.31 Å². The quantitative estimate of drug-likeness (QED) is 0.418. The molecule has 3 aromatic rings. The Morgan fingerprint density at radius 1 is 1.06 bits per heavy atom. The molecule has 0 aliphatic carbocycles. The molecule has 0 spiro atoms. The van der Waals surface area contributed by atoms with Crippen LogP contribution in [0.15, 0.2) is 82.2 Å². The summed E-state index contributed by atoms with van der Waals surface area (Å²) < 4.78 is 33.8. The standard InChI is InChI=1S/C23H22BrClN2O4S/c1-31-22-12-11-18(15-20(22)25)32(29,30)27(14-13-17-7-3-2-4-8-17)16-23(28)26-21-10-6-5-9-19(21)24/h2-12,15H,13-14,16H2,1H3,(H,26,28). The zero-order valence-corrected chi connectivity index (χ0v) is 20.5. The number of nitrogens with zero attached hydrogens (tertiary/aromatic N) is 1. The first-order valence-corrected chi connectivity index (χ1v) is 12.3. The van der Waals surface area contributed by atoms with Crippen LogP contribution in [0.1, 0.15) is 5.56 Å². The number of halogens is 2. The summed E-state index contributed by atoms with van der Waals surface area (Å²) in [6, 6.07) is 20.9. The largest absolute Gasteiger partial charge is 0.495 e. The summed E-state index contributed by atoms with van der Waals surface area (Å²) in [6.45, 7) is -0.223. The van der Waals surface area contributed by atoms with Crippen molar-refractivity contribution >= 4 is 49.1 Å². The maximum absolute atomic E-state index is 13.4. The van der Waals surface area contributed by atoms with Gasteiger partial charge in [-0.25, -0.2) is 8.42 Å². The van der Waals surface area contributed by atoms with Gasteiger partial charge in [0.25, 0.3) is 0 Å². The zero-order chi connectivity index (χ0) is 23.1. The number of carbonyl (C=O) groups excluding carboxylic acids is 1. The minimum absolute atomic E-state index is 0.00921. The van der Waals surface area contributed by atoms with Crippen molar-refractivity contribution in [3.63, 3.8) is 0 Å². The molecule has 168 valence electrons. The Kier molecular flexibility index (Phi) is 8.31. The predicted molar refractivity (Wildman–Crippen MR) is 130 cm³/mol. The highest BCUT2D eigenvalue weighted by atomic mass is 79.9. The fourth-order valence-corrected chi connectivity index (χ4v) is 5.18. The number of hydrogen-bond acceptors (Lipinski definition) is 4. The molecule has 6 nitrogen and oxygen atoms in total. The molecule has 1 amide bonds. The van der Waals surface area contributed by atoms with Gasteiger partial charge < -0.3 is 10.1 Å². The molecule has 0 bridgehead atoms. The van der Waals surface area contributed by atoms with Crippen LogP contribution < -0.4 is 10.1 Å². The van der Waals surface area contributed by atoms with Crippen LogP contribution in [-0.2, 0) is 21.2 Å². The molecule has 0 aliphatic heterocycles. The number of ether oxygens (including phenoxy) is 1. The van der Waals surface area contributed by atoms with Gasteiger partial charge in [0.15, 0.2) is 0 Å². The van der Waals surface area contributed by atoms with Crippen molar-refractivity contribution in [1.29, 1.82) is 0 Å². The molecule has 32 heavy (non-hydrogen) atoms. The predicted octanol–water partition coefficient (Wildman–Crippen LogP) is 4.98. The van der Waals surface area contributed by atoms with Crippen LogP contribution in [0.3, 0.4) is 0 Å². The summed E-state index contributed by atoms with van der Waals surface area (Å²) >= 11 is 9.53. The van der Waals surface area contributed by atoms with Gasteiger partial charge in [0.2, 0.25) is 15.9 Å². The lowest BCUT2D eigenvalue weighted by Gasteiger charge is -2.22. The van der Waals surface area contributed by atoms with Crippen LogP contribution in [0.5, 0.6) is 5.75 Å². The first kappa shape index (κ1) is 24.3. The molecule has 0 aromatic heterocycles. The smallest absolute Gasteiger partial charge is 0.243 e. The first-order valence-electron chi connectivity index (χ1n) is 9.73. The van der Waals surface area contributed by atoms with E-state index >= 15 is 0 Å². The summed E-state index contributed by atoms with van der Waals surface area (Å²) in [7, 11) is -2.54. The number of hydrogen-bond donors (Lipinski definition) is 1. The first-order chi connectivity index (χ1) is 15.3. The Labute approximate surface area is 201 Å². The van der Waals surface area contributed by atoms with E-state index in [2.05, 4.69) is 21.2 Å². The van der Waals surface area contributed by atoms with E-state index in [0.717, 1.165) is 9.87 Å². The fraction of sp³-hybridized carbons (Fsp3) is 0.174. The summed E-state index contributed by atoms with van der Waals surface area (Å²) in [6.07, 6.45) is 0.451. The van der Waals surface area contributed by atoms with Crippen LogP contribution in [-0.4, -0.2) is 38.8 Å². The van der Waals surface area contributed by atoms with Gasteiger partial charge >= 0.3 is 0 Å². The number of methoxy groups -OCH3 is 1. The van der Waals surface area contributed by atoms with Crippen molar-refractivity contribution in [2.45, 2.75) is 11.3 Å². The molecule has 0 unspecified atom stereocenters. The van der Waals surface area contributed by atoms with E-state index in [-0.39, 0.29) is 23.0 Å². The van der Waals surface area contributed by atoms with Gasteiger partial charge in [-0.15, -0.1) is 0 Å². The van der Waals surface area contributed by atoms with Gasteiger partial charge in [0.05, 0.1) is 29.3 Å². The van der Waals surface area contributed by atoms with Crippen molar-refractivity contribution in [3.05, 3.63) is 87.9 Å². The average Bonchev–Trinajstić information content (AvgIpc) is 2.78. The van der Waals surface area contributed by atoms with Gasteiger partial charge in [-0.3, -0.25) is 4.79 Å². The topological polar surface area (TPSA) is 75.7 Å². The van der Waals surface area contributed by atoms with E-state index < -0.39 is 15.9 Å². The minimum atomic E-state index is -4.00. The number of carbonyl (C=O) groups is 1. The van der Waals surface area contributed by atoms with Crippen molar-refractivity contribution in [2.75, 3.05) is 25.5 Å². The maximum Gasteiger partial charge on any atom is 0.243 e. The molecule has 0 fully saturated rings. The van der Waals surface area contributed by atoms with Crippen molar-refractivity contribution in [3.8, 4) is 5.75 Å². The molecule has 0 heterocycles. The van der Waals surface area contributed by atoms with Gasteiger partial charge in [-0.05, 0) is 58.2 Å². The molecule has 0 radical (unpaired) electrons. The molecular formula is C23H22BrClN2O4S. The number of sulfonamides is 1. The molecule has 3 aromatic carbocycles. The van der Waals surface area contributed by atoms with Crippen molar-refractivity contribution in [1.82, 2.24) is 4.31 Å². The molecule has 0 saturated heterocycles. The fourth-order valence-electron chi connectivity index (χ4n) is 3.05. The second-order valence-electron chi connectivity index (χ2n) is 6.90. The average molecular weight is 538 g/mol. The van der Waals surface area contributed by atoms with Gasteiger partial charge in [0, 0.05) is 11.0 Å². The van der Waals surface area contributed by atoms with E-state index in [4.69, 9.17) is 16.3 Å². The SMILES string of the molecule is COc1ccc(S(=O)(=O)N(CCc2ccccc2)CC(=O)Nc2ccccc2Br)cc1Cl. The zero-order valence-electron chi connectivity index (χ0n) is 17.3. The number of anilines is 1. The van der Waals surface area contributed by atoms with Gasteiger partial charge in [0.1, 0.15) is 5.75 Å². The van der Waals surface area contributed by atoms with E-state index in [1.54, 1.807) is 18.2 Å². The minimum Gasteiger partial charge on any atom is -0.495 e. The molecule has 9 heteroatoms. The number of para-hydroxylation sites is 1. The Morgan fingerprint density at radius 3 is 2.41 bits per heavy atom. The molecule has 0 saturated carbocycles. The monoisotopic (exact) mass is 536 g/mol. The second kappa shape index (κ2) is 11.0. The van der Waals surface area contributed by atoms with E-state index in [9.17, 15) is 13.2 Å². The molecular weight excluding hydrogens is 516 g/mol. The third-order valence-electron chi connectivity index (χ3n) is 4.72. The number of nitrogens with one attached hydrogen (secondary N) is 1. The molecule has 0 aliphatic rings. The van der Waals surface area contributed by atoms with Crippen LogP contribution in [0.4, 0.5) is 5.69 Å². The van der Waals surface area contributed by atoms with Crippen LogP contribution in [0, 0.1) is 0 Å². The lowest BCUT2D eigenvalue weighted by molar-refractivity contribution is -0.116. The highest BCUT2D eigenvalue weighted by molar-refractivity contribution is 9.10. The number of benzene rings is 3. The third-order valence-corrected chi connectivity index (χ3v) is 7.55. The van der Waals surface area contributed by atoms with E-state index in [1.807, 2.05) is 36.4 Å². The van der Waals surface area contributed by atoms with Crippen molar-refractivity contribution in [2.24, 2.45) is 0 Å². The highest BCUT2D eigenvalue weighted by Crippen LogP contribution is 2.28. The Morgan fingerprint density at radius 2 is 1.75 bits per heavy atom. The summed E-state index contributed by atoms with van der Waals surface area (Å²) in [5, 5.41) is 2.93. The normalized spacial score (nSPS) is 11.4. The van der Waals surface area contributed by atoms with Gasteiger partial charge in [-0.1, -0.05) is 54.1 Å².